The summed E-state index contributed by atoms with van der Waals surface area (Å²) in [6.45, 7) is 0. The van der Waals surface area contributed by atoms with Crippen molar-refractivity contribution in [2.45, 2.75) is 0 Å². The zero-order chi connectivity index (χ0) is 10.4. The van der Waals surface area contributed by atoms with Crippen LogP contribution in [0.4, 0.5) is 4.79 Å². The second-order valence-electron chi connectivity index (χ2n) is 1.69. The van der Waals surface area contributed by atoms with E-state index in [1.165, 1.54) is 0 Å². The summed E-state index contributed by atoms with van der Waals surface area (Å²) in [5.74, 6) is 0.481. The van der Waals surface area contributed by atoms with Crippen molar-refractivity contribution in [3.63, 3.8) is 0 Å². The minimum Gasteiger partial charge on any atom is -0.450 e. The second-order valence-corrected chi connectivity index (χ2v) is 1.69. The summed E-state index contributed by atoms with van der Waals surface area (Å²) < 4.78 is 0. The van der Waals surface area contributed by atoms with Crippen molar-refractivity contribution in [1.82, 2.24) is 0 Å². The van der Waals surface area contributed by atoms with Crippen LogP contribution in [0.15, 0.2) is 53.0 Å². The fourth-order valence-corrected chi connectivity index (χ4v) is 0.468. The summed E-state index contributed by atoms with van der Waals surface area (Å²) in [5.41, 5.74) is 0. The number of carbonyl (C=O) groups is 1. The maximum absolute atomic E-state index is 8.56. The van der Waals surface area contributed by atoms with Gasteiger partial charge in [0.05, 0.1) is 0 Å². The van der Waals surface area contributed by atoms with E-state index in [9.17, 15) is 0 Å². The average Bonchev–Trinajstić information content (AvgIpc) is 2.76. The molecule has 0 saturated carbocycles. The zero-order valence-corrected chi connectivity index (χ0v) is 6.38. The van der Waals surface area contributed by atoms with Crippen LogP contribution in [-0.4, -0.2) is 16.4 Å². The Morgan fingerprint density at radius 2 is 1.00 bits per heavy atom. The van der Waals surface area contributed by atoms with E-state index in [1.54, 1.807) is 0 Å². The highest BCUT2D eigenvalue weighted by Crippen LogP contribution is 2.19. The van der Waals surface area contributed by atoms with Gasteiger partial charge in [-0.15, -0.1) is 20.5 Å². The third-order valence-corrected chi connectivity index (χ3v) is 0.838. The summed E-state index contributed by atoms with van der Waals surface area (Å²) in [4.78, 5) is 8.56. The molecule has 0 saturated heterocycles. The van der Waals surface area contributed by atoms with Crippen molar-refractivity contribution < 1.29 is 15.0 Å². The Kier molecular flexibility index (Phi) is 3.01. The van der Waals surface area contributed by atoms with E-state index in [4.69, 9.17) is 15.0 Å². The van der Waals surface area contributed by atoms with Gasteiger partial charge in [-0.2, -0.15) is 0 Å². The molecule has 0 aliphatic carbocycles. The van der Waals surface area contributed by atoms with Crippen LogP contribution in [0.3, 0.4) is 0 Å². The summed E-state index contributed by atoms with van der Waals surface area (Å²) in [5, 5.41) is 40.8. The van der Waals surface area contributed by atoms with Gasteiger partial charge in [0.15, 0.2) is 0 Å². The van der Waals surface area contributed by atoms with Crippen LogP contribution in [0.2, 0.25) is 0 Å². The molecule has 11 nitrogen and oxygen atoms in total. The van der Waals surface area contributed by atoms with Gasteiger partial charge < -0.3 is 10.2 Å². The smallest absolute Gasteiger partial charge is 0.450 e. The Hall–Kier alpha value is -2.59. The Bertz CT molecular complexity index is 315. The lowest BCUT2D eigenvalue weighted by Crippen LogP contribution is -1.81. The molecule has 2 heterocycles. The molecule has 2 rings (SSSR count). The molecular weight excluding hydrogens is 196 g/mol. The maximum Gasteiger partial charge on any atom is 0.503 e. The normalized spacial score (nSPS) is 16.0. The second kappa shape index (κ2) is 4.44. The lowest BCUT2D eigenvalue weighted by molar-refractivity contribution is 0.137. The molecule has 0 aromatic carbocycles. The summed E-state index contributed by atoms with van der Waals surface area (Å²) >= 11 is 0. The van der Waals surface area contributed by atoms with E-state index >= 15 is 0 Å². The van der Waals surface area contributed by atoms with Crippen molar-refractivity contribution in [3.8, 4) is 0 Å². The molecule has 0 aromatic heterocycles. The molecule has 2 N–H and O–H groups in total. The van der Waals surface area contributed by atoms with Crippen LogP contribution >= 0.6 is 0 Å². The summed E-state index contributed by atoms with van der Waals surface area (Å²) in [6, 6.07) is 0. The minimum atomic E-state index is -1.83. The first kappa shape index (κ1) is 9.50. The molecule has 0 spiro atoms. The number of rotatable bonds is 0. The molecular formula is C3H2N8O3. The minimum absolute atomic E-state index is 0.241. The van der Waals surface area contributed by atoms with E-state index in [1.807, 2.05) is 0 Å². The lowest BCUT2D eigenvalue weighted by atomic mass is 10.7. The largest absolute Gasteiger partial charge is 0.503 e. The van der Waals surface area contributed by atoms with Crippen LogP contribution in [0.25, 0.3) is 0 Å². The number of hydrogen-bond donors (Lipinski definition) is 2. The molecule has 0 radical (unpaired) electrons. The van der Waals surface area contributed by atoms with Gasteiger partial charge in [-0.25, -0.2) is 4.79 Å². The molecule has 0 aromatic rings. The van der Waals surface area contributed by atoms with E-state index in [2.05, 4.69) is 41.4 Å². The third kappa shape index (κ3) is 2.80. The number of nitrogens with zero attached hydrogens (tertiary/aromatic N) is 8. The van der Waals surface area contributed by atoms with Crippen molar-refractivity contribution in [2.75, 3.05) is 0 Å². The van der Waals surface area contributed by atoms with Gasteiger partial charge in [-0.3, -0.25) is 0 Å². The van der Waals surface area contributed by atoms with Crippen molar-refractivity contribution in [2.24, 2.45) is 41.4 Å². The molecule has 11 heteroatoms. The first-order valence-electron chi connectivity index (χ1n) is 3.00. The molecule has 0 amide bonds. The molecule has 2 aliphatic heterocycles. The first-order valence-corrected chi connectivity index (χ1v) is 3.00. The van der Waals surface area contributed by atoms with Crippen molar-refractivity contribution in [3.05, 3.63) is 11.6 Å². The molecule has 72 valence electrons. The third-order valence-electron chi connectivity index (χ3n) is 0.838. The van der Waals surface area contributed by atoms with Gasteiger partial charge in [0.25, 0.3) is 0 Å². The monoisotopic (exact) mass is 198 g/mol. The average molecular weight is 198 g/mol. The van der Waals surface area contributed by atoms with Gasteiger partial charge >= 0.3 is 6.16 Å². The molecule has 0 unspecified atom stereocenters. The molecule has 0 atom stereocenters. The first-order chi connectivity index (χ1) is 6.70. The highest BCUT2D eigenvalue weighted by atomic mass is 16.6. The molecule has 2 aliphatic rings. The molecule has 14 heavy (non-hydrogen) atoms. The Morgan fingerprint density at radius 1 is 0.786 bits per heavy atom. The van der Waals surface area contributed by atoms with E-state index in [0.29, 0.717) is 0 Å². The standard InChI is InChI=1S/C2N8.CH2O3/c3-1(4-8-7-3)2-5-9-10-6-2;2-1(3)4/h;(H2,2,3,4). The quantitative estimate of drug-likeness (QED) is 0.610. The Balaban J connectivity index is 0.000000213. The molecule has 0 bridgehead atoms. The van der Waals surface area contributed by atoms with Crippen LogP contribution in [0.5, 0.6) is 0 Å². The van der Waals surface area contributed by atoms with Crippen LogP contribution < -0.4 is 0 Å². The van der Waals surface area contributed by atoms with Crippen molar-refractivity contribution in [1.29, 1.82) is 0 Å². The SMILES string of the molecule is N1=NC(=C2N=NN=N2)N=N1.O=C(O)O. The van der Waals surface area contributed by atoms with E-state index in [0.717, 1.165) is 0 Å². The Labute approximate surface area is 75.3 Å². The number of hydrogen-bond acceptors (Lipinski definition) is 9. The maximum atomic E-state index is 8.56. The fraction of sp³-hybridized carbons (Fsp3) is 0. The van der Waals surface area contributed by atoms with Gasteiger partial charge in [0, 0.05) is 0 Å². The predicted octanol–water partition coefficient (Wildman–Crippen LogP) is 2.00. The van der Waals surface area contributed by atoms with Crippen molar-refractivity contribution >= 4 is 6.16 Å². The van der Waals surface area contributed by atoms with Gasteiger partial charge in [0.2, 0.25) is 11.6 Å². The van der Waals surface area contributed by atoms with Gasteiger partial charge in [-0.1, -0.05) is 0 Å². The molecule has 0 fully saturated rings. The van der Waals surface area contributed by atoms with Gasteiger partial charge in [0.1, 0.15) is 0 Å². The number of carboxylic acid groups (broad SMARTS) is 2. The van der Waals surface area contributed by atoms with E-state index < -0.39 is 6.16 Å². The van der Waals surface area contributed by atoms with E-state index in [-0.39, 0.29) is 11.6 Å². The zero-order valence-electron chi connectivity index (χ0n) is 6.38. The van der Waals surface area contributed by atoms with Crippen LogP contribution in [0, 0.1) is 0 Å². The highest BCUT2D eigenvalue weighted by Gasteiger charge is 2.10. The topological polar surface area (TPSA) is 156 Å². The Morgan fingerprint density at radius 3 is 1.21 bits per heavy atom. The summed E-state index contributed by atoms with van der Waals surface area (Å²) in [6.07, 6.45) is -1.83. The fourth-order valence-electron chi connectivity index (χ4n) is 0.468. The highest BCUT2D eigenvalue weighted by molar-refractivity contribution is 5.53. The van der Waals surface area contributed by atoms with Crippen LogP contribution in [-0.2, 0) is 0 Å². The lowest BCUT2D eigenvalue weighted by Gasteiger charge is -1.79. The summed E-state index contributed by atoms with van der Waals surface area (Å²) in [7, 11) is 0. The predicted molar refractivity (Wildman–Crippen MR) is 37.1 cm³/mol. The van der Waals surface area contributed by atoms with Gasteiger partial charge in [-0.05, 0) is 20.9 Å². The van der Waals surface area contributed by atoms with Crippen LogP contribution in [0.1, 0.15) is 0 Å².